The number of benzene rings is 2. The van der Waals surface area contributed by atoms with Gasteiger partial charge in [0.2, 0.25) is 5.91 Å². The van der Waals surface area contributed by atoms with Gasteiger partial charge in [-0.3, -0.25) is 4.79 Å². The number of urea groups is 1. The van der Waals surface area contributed by atoms with Gasteiger partial charge in [0.05, 0.1) is 19.1 Å². The molecule has 0 aromatic heterocycles. The summed E-state index contributed by atoms with van der Waals surface area (Å²) in [5.41, 5.74) is 2.48. The highest BCUT2D eigenvalue weighted by atomic mass is 35.5. The molecule has 28 heavy (non-hydrogen) atoms. The molecule has 7 heteroatoms. The summed E-state index contributed by atoms with van der Waals surface area (Å²) in [7, 11) is 0. The Kier molecular flexibility index (Phi) is 6.90. The summed E-state index contributed by atoms with van der Waals surface area (Å²) in [4.78, 5) is 26.2. The maximum absolute atomic E-state index is 12.4. The van der Waals surface area contributed by atoms with Crippen LogP contribution < -0.4 is 10.6 Å². The van der Waals surface area contributed by atoms with Crippen LogP contribution in [0.3, 0.4) is 0 Å². The largest absolute Gasteiger partial charge is 0.394 e. The lowest BCUT2D eigenvalue weighted by Crippen LogP contribution is -2.38. The van der Waals surface area contributed by atoms with Gasteiger partial charge in [0, 0.05) is 23.8 Å². The lowest BCUT2D eigenvalue weighted by molar-refractivity contribution is -0.131. The molecule has 1 fully saturated rings. The molecule has 1 atom stereocenters. The van der Waals surface area contributed by atoms with Crippen LogP contribution in [0.5, 0.6) is 0 Å². The van der Waals surface area contributed by atoms with E-state index in [-0.39, 0.29) is 24.6 Å². The monoisotopic (exact) mass is 401 g/mol. The Morgan fingerprint density at radius 2 is 1.75 bits per heavy atom. The number of aliphatic hydroxyl groups excluding tert-OH is 1. The number of amides is 3. The highest BCUT2D eigenvalue weighted by Gasteiger charge is 2.27. The van der Waals surface area contributed by atoms with Crippen LogP contribution in [0.15, 0.2) is 48.5 Å². The number of rotatable bonds is 6. The van der Waals surface area contributed by atoms with Crippen LogP contribution in [0.25, 0.3) is 0 Å². The van der Waals surface area contributed by atoms with Crippen molar-refractivity contribution in [3.05, 3.63) is 64.7 Å². The minimum Gasteiger partial charge on any atom is -0.394 e. The van der Waals surface area contributed by atoms with Crippen molar-refractivity contribution in [2.75, 3.05) is 18.5 Å². The van der Waals surface area contributed by atoms with E-state index in [1.165, 1.54) is 0 Å². The predicted molar refractivity (Wildman–Crippen MR) is 109 cm³/mol. The molecule has 1 saturated heterocycles. The summed E-state index contributed by atoms with van der Waals surface area (Å²) in [5, 5.41) is 15.6. The van der Waals surface area contributed by atoms with Gasteiger partial charge in [0.15, 0.2) is 0 Å². The Labute approximate surface area is 169 Å². The number of nitrogens with zero attached hydrogens (tertiary/aromatic N) is 1. The molecular weight excluding hydrogens is 378 g/mol. The van der Waals surface area contributed by atoms with Crippen molar-refractivity contribution in [2.24, 2.45) is 0 Å². The van der Waals surface area contributed by atoms with Crippen molar-refractivity contribution in [2.45, 2.75) is 31.8 Å². The van der Waals surface area contributed by atoms with E-state index in [9.17, 15) is 14.7 Å². The number of aliphatic hydroxyl groups is 1. The molecule has 0 unspecified atom stereocenters. The lowest BCUT2D eigenvalue weighted by atomic mass is 10.1. The molecule has 0 spiro atoms. The minimum atomic E-state index is -0.304. The van der Waals surface area contributed by atoms with Gasteiger partial charge in [-0.2, -0.15) is 0 Å². The Hall–Kier alpha value is -2.57. The van der Waals surface area contributed by atoms with Crippen LogP contribution in [0.1, 0.15) is 24.0 Å². The quantitative estimate of drug-likeness (QED) is 0.695. The Bertz CT molecular complexity index is 809. The van der Waals surface area contributed by atoms with Crippen molar-refractivity contribution < 1.29 is 14.7 Å². The highest BCUT2D eigenvalue weighted by molar-refractivity contribution is 6.30. The number of halogens is 1. The third kappa shape index (κ3) is 5.47. The maximum Gasteiger partial charge on any atom is 0.319 e. The SMILES string of the molecule is O=C(NCc1ccc(Cl)cc1)Nc1ccc(CC(=O)N2CCC[C@@H]2CO)cc1. The fraction of sp³-hybridized carbons (Fsp3) is 0.333. The standard InChI is InChI=1S/C21H24ClN3O3/c22-17-7-3-16(4-8-17)13-23-21(28)24-18-9-5-15(6-10-18)12-20(27)25-11-1-2-19(25)14-26/h3-10,19,26H,1-2,11-14H2,(H2,23,24,28)/t19-/m1/s1. The Morgan fingerprint density at radius 3 is 2.43 bits per heavy atom. The first kappa shape index (κ1) is 20.2. The van der Waals surface area contributed by atoms with Crippen molar-refractivity contribution in [1.82, 2.24) is 10.2 Å². The topological polar surface area (TPSA) is 81.7 Å². The summed E-state index contributed by atoms with van der Waals surface area (Å²) in [6.07, 6.45) is 2.08. The van der Waals surface area contributed by atoms with E-state index in [2.05, 4.69) is 10.6 Å². The molecule has 0 saturated carbocycles. The summed E-state index contributed by atoms with van der Waals surface area (Å²) in [6, 6.07) is 14.1. The molecule has 148 valence electrons. The molecular formula is C21H24ClN3O3. The number of anilines is 1. The Balaban J connectivity index is 1.47. The number of hydrogen-bond acceptors (Lipinski definition) is 3. The zero-order chi connectivity index (χ0) is 19.9. The van der Waals surface area contributed by atoms with Gasteiger partial charge < -0.3 is 20.6 Å². The summed E-state index contributed by atoms with van der Waals surface area (Å²) in [5.74, 6) is 0.0259. The fourth-order valence-corrected chi connectivity index (χ4v) is 3.42. The van der Waals surface area contributed by atoms with Crippen LogP contribution in [-0.2, 0) is 17.8 Å². The molecule has 3 amide bonds. The van der Waals surface area contributed by atoms with Crippen LogP contribution in [0, 0.1) is 0 Å². The number of hydrogen-bond donors (Lipinski definition) is 3. The normalized spacial score (nSPS) is 16.1. The van der Waals surface area contributed by atoms with Crippen molar-refractivity contribution >= 4 is 29.2 Å². The molecule has 3 rings (SSSR count). The minimum absolute atomic E-state index is 0.0136. The molecule has 1 aliphatic heterocycles. The van der Waals surface area contributed by atoms with E-state index in [4.69, 9.17) is 11.6 Å². The van der Waals surface area contributed by atoms with Gasteiger partial charge in [-0.1, -0.05) is 35.9 Å². The van der Waals surface area contributed by atoms with Crippen molar-refractivity contribution in [1.29, 1.82) is 0 Å². The first-order valence-corrected chi connectivity index (χ1v) is 9.71. The van der Waals surface area contributed by atoms with Gasteiger partial charge in [-0.05, 0) is 48.2 Å². The van der Waals surface area contributed by atoms with Crippen LogP contribution >= 0.6 is 11.6 Å². The molecule has 0 radical (unpaired) electrons. The molecule has 0 aliphatic carbocycles. The van der Waals surface area contributed by atoms with Crippen molar-refractivity contribution in [3.63, 3.8) is 0 Å². The fourth-order valence-electron chi connectivity index (χ4n) is 3.30. The number of likely N-dealkylation sites (tertiary alicyclic amines) is 1. The van der Waals surface area contributed by atoms with E-state index >= 15 is 0 Å². The van der Waals surface area contributed by atoms with E-state index in [0.29, 0.717) is 30.2 Å². The van der Waals surface area contributed by atoms with Gasteiger partial charge in [-0.25, -0.2) is 4.79 Å². The summed E-state index contributed by atoms with van der Waals surface area (Å²) < 4.78 is 0. The Morgan fingerprint density at radius 1 is 1.07 bits per heavy atom. The molecule has 0 bridgehead atoms. The van der Waals surface area contributed by atoms with Crippen molar-refractivity contribution in [3.8, 4) is 0 Å². The first-order chi connectivity index (χ1) is 13.5. The molecule has 1 aliphatic rings. The van der Waals surface area contributed by atoms with Crippen LogP contribution in [-0.4, -0.2) is 41.1 Å². The van der Waals surface area contributed by atoms with Gasteiger partial charge >= 0.3 is 6.03 Å². The molecule has 3 N–H and O–H groups in total. The molecule has 2 aromatic rings. The second-order valence-corrected chi connectivity index (χ2v) is 7.31. The van der Waals surface area contributed by atoms with Crippen LogP contribution in [0.4, 0.5) is 10.5 Å². The van der Waals surface area contributed by atoms with E-state index in [1.807, 2.05) is 24.3 Å². The lowest BCUT2D eigenvalue weighted by Gasteiger charge is -2.23. The number of nitrogens with one attached hydrogen (secondary N) is 2. The zero-order valence-corrected chi connectivity index (χ0v) is 16.3. The second-order valence-electron chi connectivity index (χ2n) is 6.87. The van der Waals surface area contributed by atoms with Crippen LogP contribution in [0.2, 0.25) is 5.02 Å². The number of carbonyl (C=O) groups excluding carboxylic acids is 2. The molecule has 2 aromatic carbocycles. The second kappa shape index (κ2) is 9.57. The van der Waals surface area contributed by atoms with E-state index in [0.717, 1.165) is 24.0 Å². The summed E-state index contributed by atoms with van der Waals surface area (Å²) in [6.45, 7) is 1.12. The average molecular weight is 402 g/mol. The summed E-state index contributed by atoms with van der Waals surface area (Å²) >= 11 is 5.84. The maximum atomic E-state index is 12.4. The predicted octanol–water partition coefficient (Wildman–Crippen LogP) is 3.19. The van der Waals surface area contributed by atoms with Gasteiger partial charge in [-0.15, -0.1) is 0 Å². The highest BCUT2D eigenvalue weighted by Crippen LogP contribution is 2.19. The molecule has 1 heterocycles. The van der Waals surface area contributed by atoms with E-state index < -0.39 is 0 Å². The number of carbonyl (C=O) groups is 2. The third-order valence-electron chi connectivity index (χ3n) is 4.84. The van der Waals surface area contributed by atoms with E-state index in [1.54, 1.807) is 29.2 Å². The molecule has 6 nitrogen and oxygen atoms in total. The third-order valence-corrected chi connectivity index (χ3v) is 5.09. The average Bonchev–Trinajstić information content (AvgIpc) is 3.18. The van der Waals surface area contributed by atoms with Gasteiger partial charge in [0.25, 0.3) is 0 Å². The smallest absolute Gasteiger partial charge is 0.319 e. The zero-order valence-electron chi connectivity index (χ0n) is 15.5. The first-order valence-electron chi connectivity index (χ1n) is 9.33. The van der Waals surface area contributed by atoms with Gasteiger partial charge in [0.1, 0.15) is 0 Å².